The molecule has 0 aliphatic heterocycles. The minimum absolute atomic E-state index is 0.0313. The third-order valence-electron chi connectivity index (χ3n) is 2.93. The minimum atomic E-state index is -0.173. The zero-order valence-corrected chi connectivity index (χ0v) is 13.8. The maximum atomic E-state index is 11.9. The van der Waals surface area contributed by atoms with Gasteiger partial charge in [0.05, 0.1) is 6.04 Å². The highest BCUT2D eigenvalue weighted by Crippen LogP contribution is 2.22. The first-order valence-corrected chi connectivity index (χ1v) is 7.65. The van der Waals surface area contributed by atoms with Crippen LogP contribution in [0, 0.1) is 0 Å². The fourth-order valence-corrected chi connectivity index (χ4v) is 2.62. The second-order valence-corrected chi connectivity index (χ2v) is 5.84. The molecule has 0 aliphatic rings. The van der Waals surface area contributed by atoms with Gasteiger partial charge < -0.3 is 10.1 Å². The SMILES string of the molecule is C[C@H](NC(=O)COc1ccc(Cl)cc1)c1ccccc1Br. The van der Waals surface area contributed by atoms with Gasteiger partial charge in [0.15, 0.2) is 6.61 Å². The zero-order chi connectivity index (χ0) is 15.2. The number of benzene rings is 2. The molecular formula is C16H15BrClNO2. The summed E-state index contributed by atoms with van der Waals surface area (Å²) in [5, 5.41) is 3.53. The van der Waals surface area contributed by atoms with Gasteiger partial charge >= 0.3 is 0 Å². The summed E-state index contributed by atoms with van der Waals surface area (Å²) in [6.45, 7) is 1.90. The molecule has 0 aliphatic carbocycles. The fourth-order valence-electron chi connectivity index (χ4n) is 1.87. The molecule has 0 aromatic heterocycles. The maximum absolute atomic E-state index is 11.9. The van der Waals surface area contributed by atoms with Crippen molar-refractivity contribution in [3.63, 3.8) is 0 Å². The van der Waals surface area contributed by atoms with Crippen molar-refractivity contribution in [1.82, 2.24) is 5.32 Å². The Bertz CT molecular complexity index is 616. The van der Waals surface area contributed by atoms with Gasteiger partial charge in [0, 0.05) is 9.50 Å². The second-order valence-electron chi connectivity index (χ2n) is 4.55. The zero-order valence-electron chi connectivity index (χ0n) is 11.5. The third-order valence-corrected chi connectivity index (χ3v) is 3.91. The first kappa shape index (κ1) is 15.9. The number of hydrogen-bond acceptors (Lipinski definition) is 2. The van der Waals surface area contributed by atoms with Gasteiger partial charge in [0.25, 0.3) is 5.91 Å². The molecule has 21 heavy (non-hydrogen) atoms. The van der Waals surface area contributed by atoms with E-state index >= 15 is 0 Å². The van der Waals surface area contributed by atoms with E-state index in [-0.39, 0.29) is 18.6 Å². The van der Waals surface area contributed by atoms with Gasteiger partial charge in [-0.15, -0.1) is 0 Å². The molecule has 0 radical (unpaired) electrons. The van der Waals surface area contributed by atoms with E-state index in [0.29, 0.717) is 10.8 Å². The largest absolute Gasteiger partial charge is 0.484 e. The lowest BCUT2D eigenvalue weighted by Gasteiger charge is -2.16. The standard InChI is InChI=1S/C16H15BrClNO2/c1-11(14-4-2-3-5-15(14)17)19-16(20)10-21-13-8-6-12(18)7-9-13/h2-9,11H,10H2,1H3,(H,19,20)/t11-/m0/s1. The van der Waals surface area contributed by atoms with Gasteiger partial charge in [-0.3, -0.25) is 4.79 Å². The Labute approximate surface area is 137 Å². The molecule has 2 rings (SSSR count). The maximum Gasteiger partial charge on any atom is 0.258 e. The lowest BCUT2D eigenvalue weighted by Crippen LogP contribution is -2.31. The summed E-state index contributed by atoms with van der Waals surface area (Å²) in [6.07, 6.45) is 0. The Morgan fingerprint density at radius 3 is 2.57 bits per heavy atom. The van der Waals surface area contributed by atoms with Crippen LogP contribution in [0.1, 0.15) is 18.5 Å². The van der Waals surface area contributed by atoms with Crippen molar-refractivity contribution < 1.29 is 9.53 Å². The summed E-state index contributed by atoms with van der Waals surface area (Å²) in [7, 11) is 0. The molecule has 5 heteroatoms. The Hall–Kier alpha value is -1.52. The number of halogens is 2. The van der Waals surface area contributed by atoms with Gasteiger partial charge in [-0.25, -0.2) is 0 Å². The van der Waals surface area contributed by atoms with Crippen LogP contribution in [0.2, 0.25) is 5.02 Å². The molecule has 0 heterocycles. The van der Waals surface area contributed by atoms with Gasteiger partial charge in [-0.05, 0) is 42.8 Å². The van der Waals surface area contributed by atoms with Crippen molar-refractivity contribution in [2.75, 3.05) is 6.61 Å². The van der Waals surface area contributed by atoms with Crippen LogP contribution in [-0.2, 0) is 4.79 Å². The van der Waals surface area contributed by atoms with E-state index in [4.69, 9.17) is 16.3 Å². The van der Waals surface area contributed by atoms with Gasteiger partial charge in [-0.2, -0.15) is 0 Å². The molecule has 0 bridgehead atoms. The molecule has 1 atom stereocenters. The van der Waals surface area contributed by atoms with Crippen molar-refractivity contribution in [2.45, 2.75) is 13.0 Å². The van der Waals surface area contributed by atoms with E-state index in [9.17, 15) is 4.79 Å². The highest BCUT2D eigenvalue weighted by Gasteiger charge is 2.12. The third kappa shape index (κ3) is 4.76. The molecule has 2 aromatic rings. The number of hydrogen-bond donors (Lipinski definition) is 1. The second kappa shape index (κ2) is 7.48. The molecule has 1 amide bonds. The molecule has 0 saturated heterocycles. The summed E-state index contributed by atoms with van der Waals surface area (Å²) >= 11 is 9.26. The van der Waals surface area contributed by atoms with Crippen LogP contribution in [0.25, 0.3) is 0 Å². The van der Waals surface area contributed by atoms with E-state index in [1.54, 1.807) is 24.3 Å². The number of nitrogens with one attached hydrogen (secondary N) is 1. The van der Waals surface area contributed by atoms with Crippen LogP contribution in [-0.4, -0.2) is 12.5 Å². The normalized spacial score (nSPS) is 11.8. The Morgan fingerprint density at radius 1 is 1.24 bits per heavy atom. The molecule has 0 saturated carbocycles. The van der Waals surface area contributed by atoms with Crippen LogP contribution >= 0.6 is 27.5 Å². The van der Waals surface area contributed by atoms with Crippen LogP contribution in [0.3, 0.4) is 0 Å². The topological polar surface area (TPSA) is 38.3 Å². The Balaban J connectivity index is 1.87. The molecule has 110 valence electrons. The summed E-state index contributed by atoms with van der Waals surface area (Å²) in [5.74, 6) is 0.441. The number of rotatable bonds is 5. The number of carbonyl (C=O) groups is 1. The van der Waals surface area contributed by atoms with Crippen LogP contribution in [0.5, 0.6) is 5.75 Å². The van der Waals surface area contributed by atoms with E-state index in [0.717, 1.165) is 10.0 Å². The summed E-state index contributed by atoms with van der Waals surface area (Å²) in [6, 6.07) is 14.6. The molecule has 1 N–H and O–H groups in total. The monoisotopic (exact) mass is 367 g/mol. The van der Waals surface area contributed by atoms with Gasteiger partial charge in [-0.1, -0.05) is 45.7 Å². The smallest absolute Gasteiger partial charge is 0.258 e. The summed E-state index contributed by atoms with van der Waals surface area (Å²) < 4.78 is 6.38. The van der Waals surface area contributed by atoms with Gasteiger partial charge in [0.1, 0.15) is 5.75 Å². The summed E-state index contributed by atoms with van der Waals surface area (Å²) in [4.78, 5) is 11.9. The van der Waals surface area contributed by atoms with Crippen molar-refractivity contribution in [1.29, 1.82) is 0 Å². The van der Waals surface area contributed by atoms with Crippen molar-refractivity contribution in [3.05, 3.63) is 63.6 Å². The minimum Gasteiger partial charge on any atom is -0.484 e. The Morgan fingerprint density at radius 2 is 1.90 bits per heavy atom. The van der Waals surface area contributed by atoms with Crippen LogP contribution in [0.4, 0.5) is 0 Å². The predicted molar refractivity (Wildman–Crippen MR) is 87.6 cm³/mol. The van der Waals surface area contributed by atoms with E-state index in [2.05, 4.69) is 21.2 Å². The summed E-state index contributed by atoms with van der Waals surface area (Å²) in [5.41, 5.74) is 1.03. The first-order valence-electron chi connectivity index (χ1n) is 6.48. The number of ether oxygens (including phenoxy) is 1. The molecular weight excluding hydrogens is 354 g/mol. The molecule has 0 spiro atoms. The van der Waals surface area contributed by atoms with Crippen LogP contribution < -0.4 is 10.1 Å². The lowest BCUT2D eigenvalue weighted by atomic mass is 10.1. The van der Waals surface area contributed by atoms with E-state index in [1.807, 2.05) is 31.2 Å². The fraction of sp³-hybridized carbons (Fsp3) is 0.188. The first-order chi connectivity index (χ1) is 10.1. The molecule has 0 unspecified atom stereocenters. The van der Waals surface area contributed by atoms with Crippen molar-refractivity contribution in [2.24, 2.45) is 0 Å². The van der Waals surface area contributed by atoms with Crippen LogP contribution in [0.15, 0.2) is 53.0 Å². The van der Waals surface area contributed by atoms with E-state index in [1.165, 1.54) is 0 Å². The van der Waals surface area contributed by atoms with E-state index < -0.39 is 0 Å². The molecule has 0 fully saturated rings. The lowest BCUT2D eigenvalue weighted by molar-refractivity contribution is -0.123. The Kier molecular flexibility index (Phi) is 5.65. The molecule has 3 nitrogen and oxygen atoms in total. The van der Waals surface area contributed by atoms with Crippen molar-refractivity contribution in [3.8, 4) is 5.75 Å². The molecule has 2 aromatic carbocycles. The average molecular weight is 369 g/mol. The average Bonchev–Trinajstić information content (AvgIpc) is 2.47. The van der Waals surface area contributed by atoms with Crippen molar-refractivity contribution >= 4 is 33.4 Å². The highest BCUT2D eigenvalue weighted by atomic mass is 79.9. The van der Waals surface area contributed by atoms with Gasteiger partial charge in [0.2, 0.25) is 0 Å². The number of amides is 1. The highest BCUT2D eigenvalue weighted by molar-refractivity contribution is 9.10. The number of carbonyl (C=O) groups excluding carboxylic acids is 1. The predicted octanol–water partition coefficient (Wildman–Crippen LogP) is 4.36. The quantitative estimate of drug-likeness (QED) is 0.851.